The third-order valence-corrected chi connectivity index (χ3v) is 5.47. The van der Waals surface area contributed by atoms with Crippen LogP contribution in [-0.2, 0) is 4.79 Å². The van der Waals surface area contributed by atoms with Crippen LogP contribution in [0, 0.1) is 6.92 Å². The van der Waals surface area contributed by atoms with E-state index in [4.69, 9.17) is 0 Å². The number of aromatic nitrogens is 2. The molecular weight excluding hydrogens is 400 g/mol. The molecule has 1 aromatic carbocycles. The van der Waals surface area contributed by atoms with Gasteiger partial charge in [0.2, 0.25) is 0 Å². The summed E-state index contributed by atoms with van der Waals surface area (Å²) in [4.78, 5) is 47.4. The summed E-state index contributed by atoms with van der Waals surface area (Å²) in [6, 6.07) is 12.7. The van der Waals surface area contributed by atoms with Gasteiger partial charge in [-0.2, -0.15) is 0 Å². The van der Waals surface area contributed by atoms with E-state index in [9.17, 15) is 14.4 Å². The molecule has 3 heterocycles. The number of benzene rings is 1. The van der Waals surface area contributed by atoms with Gasteiger partial charge in [-0.15, -0.1) is 0 Å². The summed E-state index contributed by atoms with van der Waals surface area (Å²) in [5.41, 5.74) is 2.75. The van der Waals surface area contributed by atoms with Crippen molar-refractivity contribution >= 4 is 45.8 Å². The van der Waals surface area contributed by atoms with E-state index in [1.807, 2.05) is 37.3 Å². The van der Waals surface area contributed by atoms with Gasteiger partial charge in [0.05, 0.1) is 16.0 Å². The van der Waals surface area contributed by atoms with Gasteiger partial charge in [-0.1, -0.05) is 24.3 Å². The lowest BCUT2D eigenvalue weighted by atomic mass is 10.1. The zero-order valence-corrected chi connectivity index (χ0v) is 17.0. The molecule has 8 heteroatoms. The average Bonchev–Trinajstić information content (AvgIpc) is 3.01. The first-order chi connectivity index (χ1) is 14.5. The minimum Gasteiger partial charge on any atom is -0.350 e. The van der Waals surface area contributed by atoms with Gasteiger partial charge in [0, 0.05) is 36.6 Å². The highest BCUT2D eigenvalue weighted by atomic mass is 32.2. The number of fused-ring (bicyclic) bond motifs is 1. The number of para-hydroxylation sites is 1. The molecule has 0 aliphatic carbocycles. The van der Waals surface area contributed by atoms with E-state index in [2.05, 4.69) is 15.3 Å². The highest BCUT2D eigenvalue weighted by Gasteiger charge is 2.34. The van der Waals surface area contributed by atoms with Gasteiger partial charge in [0.25, 0.3) is 17.1 Å². The Bertz CT molecular complexity index is 1180. The summed E-state index contributed by atoms with van der Waals surface area (Å²) >= 11 is 0.885. The van der Waals surface area contributed by atoms with E-state index in [1.165, 1.54) is 0 Å². The van der Waals surface area contributed by atoms with Gasteiger partial charge in [0.15, 0.2) is 0 Å². The van der Waals surface area contributed by atoms with Gasteiger partial charge in [0.1, 0.15) is 0 Å². The fraction of sp³-hybridized carbons (Fsp3) is 0.136. The third kappa shape index (κ3) is 4.08. The number of rotatable bonds is 5. The molecule has 2 aromatic heterocycles. The van der Waals surface area contributed by atoms with Crippen LogP contribution in [0.5, 0.6) is 0 Å². The van der Waals surface area contributed by atoms with Gasteiger partial charge < -0.3 is 5.32 Å². The Morgan fingerprint density at radius 3 is 2.83 bits per heavy atom. The third-order valence-electron chi connectivity index (χ3n) is 4.57. The molecule has 1 N–H and O–H groups in total. The molecule has 1 saturated heterocycles. The predicted octanol–water partition coefficient (Wildman–Crippen LogP) is 3.40. The Labute approximate surface area is 177 Å². The minimum atomic E-state index is -0.367. The normalized spacial score (nSPS) is 15.2. The Morgan fingerprint density at radius 2 is 2.03 bits per heavy atom. The van der Waals surface area contributed by atoms with E-state index < -0.39 is 0 Å². The van der Waals surface area contributed by atoms with Crippen LogP contribution in [0.1, 0.15) is 21.6 Å². The number of aryl methyl sites for hydroxylation is 1. The van der Waals surface area contributed by atoms with Crippen molar-refractivity contribution in [1.29, 1.82) is 0 Å². The van der Waals surface area contributed by atoms with Crippen molar-refractivity contribution in [2.45, 2.75) is 6.92 Å². The molecule has 1 fully saturated rings. The second-order valence-electron chi connectivity index (χ2n) is 6.70. The lowest BCUT2D eigenvalue weighted by Gasteiger charge is -2.14. The Hall–Kier alpha value is -3.52. The summed E-state index contributed by atoms with van der Waals surface area (Å²) in [5, 5.41) is 3.20. The summed E-state index contributed by atoms with van der Waals surface area (Å²) in [6.07, 6.45) is 4.90. The molecule has 7 nitrogen and oxygen atoms in total. The Balaban J connectivity index is 1.42. The molecule has 0 radical (unpaired) electrons. The van der Waals surface area contributed by atoms with Crippen molar-refractivity contribution in [2.75, 3.05) is 13.1 Å². The summed E-state index contributed by atoms with van der Waals surface area (Å²) in [5.74, 6) is -0.636. The largest absolute Gasteiger partial charge is 0.350 e. The number of amides is 3. The number of carbonyl (C=O) groups is 3. The number of hydrogen-bond acceptors (Lipinski definition) is 6. The van der Waals surface area contributed by atoms with Crippen molar-refractivity contribution in [3.63, 3.8) is 0 Å². The lowest BCUT2D eigenvalue weighted by Crippen LogP contribution is -2.37. The van der Waals surface area contributed by atoms with Crippen molar-refractivity contribution < 1.29 is 14.4 Å². The number of nitrogens with one attached hydrogen (secondary N) is 1. The van der Waals surface area contributed by atoms with E-state index in [1.54, 1.807) is 30.6 Å². The van der Waals surface area contributed by atoms with Gasteiger partial charge in [-0.25, -0.2) is 0 Å². The minimum absolute atomic E-state index is 0.1000. The van der Waals surface area contributed by atoms with Crippen molar-refractivity contribution in [3.05, 3.63) is 76.6 Å². The van der Waals surface area contributed by atoms with Crippen LogP contribution in [0.3, 0.4) is 0 Å². The fourth-order valence-corrected chi connectivity index (χ4v) is 4.04. The Morgan fingerprint density at radius 1 is 1.20 bits per heavy atom. The van der Waals surface area contributed by atoms with E-state index in [0.29, 0.717) is 10.5 Å². The summed E-state index contributed by atoms with van der Waals surface area (Å²) in [6.45, 7) is 2.09. The number of carbonyl (C=O) groups excluding carboxylic acids is 3. The van der Waals surface area contributed by atoms with Crippen LogP contribution in [0.25, 0.3) is 17.0 Å². The first-order valence-electron chi connectivity index (χ1n) is 9.33. The molecule has 3 aromatic rings. The zero-order valence-electron chi connectivity index (χ0n) is 16.2. The van der Waals surface area contributed by atoms with Crippen molar-refractivity contribution in [3.8, 4) is 0 Å². The molecule has 0 unspecified atom stereocenters. The van der Waals surface area contributed by atoms with E-state index >= 15 is 0 Å². The van der Waals surface area contributed by atoms with Gasteiger partial charge in [-0.3, -0.25) is 29.3 Å². The smallest absolute Gasteiger partial charge is 0.293 e. The maximum atomic E-state index is 12.7. The monoisotopic (exact) mass is 418 g/mol. The SMILES string of the molecule is Cc1cc(C(=O)NCCN2C(=O)S/C(=C/c3cccnc3)C2=O)c2ccccc2n1. The predicted molar refractivity (Wildman–Crippen MR) is 116 cm³/mol. The molecule has 0 atom stereocenters. The van der Waals surface area contributed by atoms with Crippen LogP contribution in [-0.4, -0.2) is 45.0 Å². The van der Waals surface area contributed by atoms with Crippen molar-refractivity contribution in [2.24, 2.45) is 0 Å². The first kappa shape index (κ1) is 19.8. The molecule has 3 amide bonds. The fourth-order valence-electron chi connectivity index (χ4n) is 3.18. The molecule has 4 rings (SSSR count). The Kier molecular flexibility index (Phi) is 5.58. The number of pyridine rings is 2. The van der Waals surface area contributed by atoms with E-state index in [-0.39, 0.29) is 30.1 Å². The molecule has 150 valence electrons. The zero-order chi connectivity index (χ0) is 21.1. The molecule has 1 aliphatic rings. The molecule has 0 spiro atoms. The van der Waals surface area contributed by atoms with Gasteiger partial charge >= 0.3 is 0 Å². The topological polar surface area (TPSA) is 92.3 Å². The van der Waals surface area contributed by atoms with Crippen LogP contribution in [0.15, 0.2) is 59.8 Å². The van der Waals surface area contributed by atoms with Crippen LogP contribution < -0.4 is 5.32 Å². The average molecular weight is 418 g/mol. The first-order valence-corrected chi connectivity index (χ1v) is 10.1. The number of imide groups is 1. The molecule has 1 aliphatic heterocycles. The van der Waals surface area contributed by atoms with Crippen molar-refractivity contribution in [1.82, 2.24) is 20.2 Å². The summed E-state index contributed by atoms with van der Waals surface area (Å²) < 4.78 is 0. The highest BCUT2D eigenvalue weighted by Crippen LogP contribution is 2.31. The lowest BCUT2D eigenvalue weighted by molar-refractivity contribution is -0.122. The van der Waals surface area contributed by atoms with Crippen LogP contribution >= 0.6 is 11.8 Å². The number of nitrogens with zero attached hydrogens (tertiary/aromatic N) is 3. The molecule has 0 bridgehead atoms. The maximum absolute atomic E-state index is 12.7. The quantitative estimate of drug-likeness (QED) is 0.639. The number of thioether (sulfide) groups is 1. The van der Waals surface area contributed by atoms with E-state index in [0.717, 1.165) is 38.8 Å². The molecular formula is C22H18N4O3S. The second kappa shape index (κ2) is 8.46. The van der Waals surface area contributed by atoms with Gasteiger partial charge in [-0.05, 0) is 48.5 Å². The second-order valence-corrected chi connectivity index (χ2v) is 7.70. The molecule has 0 saturated carbocycles. The van der Waals surface area contributed by atoms with Crippen LogP contribution in [0.4, 0.5) is 4.79 Å². The number of hydrogen-bond donors (Lipinski definition) is 1. The standard InChI is InChI=1S/C22H18N4O3S/c1-14-11-17(16-6-2-3-7-18(16)25-14)20(27)24-9-10-26-21(28)19(30-22(26)29)12-15-5-4-8-23-13-15/h2-8,11-13H,9-10H2,1H3,(H,24,27)/b19-12+. The highest BCUT2D eigenvalue weighted by molar-refractivity contribution is 8.18. The summed E-state index contributed by atoms with van der Waals surface area (Å²) in [7, 11) is 0. The maximum Gasteiger partial charge on any atom is 0.293 e. The molecule has 30 heavy (non-hydrogen) atoms. The van der Waals surface area contributed by atoms with Crippen LogP contribution in [0.2, 0.25) is 0 Å².